The summed E-state index contributed by atoms with van der Waals surface area (Å²) in [6, 6.07) is 0. The maximum absolute atomic E-state index is 12.5. The molecule has 7 fully saturated rings. The molecule has 8 aliphatic rings. The number of ether oxygens (including phenoxy) is 7. The first-order valence-corrected chi connectivity index (χ1v) is 20.6. The van der Waals surface area contributed by atoms with E-state index < -0.39 is 85.5 Å². The number of carbonyl (C=O) groups excluding carboxylic acids is 1. The number of rotatable bonds is 7. The van der Waals surface area contributed by atoms with E-state index >= 15 is 0 Å². The van der Waals surface area contributed by atoms with Crippen LogP contribution in [0.1, 0.15) is 91.9 Å². The van der Waals surface area contributed by atoms with Gasteiger partial charge in [-0.05, 0) is 106 Å². The van der Waals surface area contributed by atoms with Crippen molar-refractivity contribution in [2.45, 2.75) is 184 Å². The van der Waals surface area contributed by atoms with Crippen LogP contribution in [0.2, 0.25) is 0 Å². The highest BCUT2D eigenvalue weighted by atomic mass is 16.7. The zero-order valence-electron chi connectivity index (χ0n) is 32.4. The van der Waals surface area contributed by atoms with Gasteiger partial charge in [0, 0.05) is 17.9 Å². The first-order valence-electron chi connectivity index (χ1n) is 20.6. The molecule has 15 heteroatoms. The van der Waals surface area contributed by atoms with Gasteiger partial charge in [-0.2, -0.15) is 0 Å². The summed E-state index contributed by atoms with van der Waals surface area (Å²) >= 11 is 0. The number of esters is 1. The monoisotopic (exact) mass is 782 g/mol. The number of hydrogen-bond donors (Lipinski definition) is 7. The van der Waals surface area contributed by atoms with Gasteiger partial charge in [0.15, 0.2) is 18.9 Å². The summed E-state index contributed by atoms with van der Waals surface area (Å²) in [6.45, 7) is 8.04. The van der Waals surface area contributed by atoms with Crippen molar-refractivity contribution < 1.29 is 73.7 Å². The van der Waals surface area contributed by atoms with E-state index in [1.807, 2.05) is 0 Å². The van der Waals surface area contributed by atoms with E-state index in [1.54, 1.807) is 13.0 Å². The second kappa shape index (κ2) is 15.1. The highest BCUT2D eigenvalue weighted by molar-refractivity contribution is 5.85. The molecule has 0 radical (unpaired) electrons. The Balaban J connectivity index is 0.830. The fourth-order valence-corrected chi connectivity index (χ4v) is 12.5. The molecule has 0 amide bonds. The third kappa shape index (κ3) is 6.84. The molecule has 21 unspecified atom stereocenters. The van der Waals surface area contributed by atoms with Gasteiger partial charge in [0.25, 0.3) is 0 Å². The van der Waals surface area contributed by atoms with Gasteiger partial charge < -0.3 is 68.9 Å². The SMILES string of the molecule is CC1OC(OC2COC(OC3C(O)CC(OC4CCC5(C)C(CCC6C5CCC5(C)C(C7=CC(=O)OC7)CCC65O)C4)OC3C)C(O)C2O)C(O)C(O)C1O. The van der Waals surface area contributed by atoms with Crippen LogP contribution in [0.25, 0.3) is 0 Å². The van der Waals surface area contributed by atoms with Crippen molar-refractivity contribution in [2.24, 2.45) is 34.5 Å². The molecular weight excluding hydrogens is 720 g/mol. The van der Waals surface area contributed by atoms with Gasteiger partial charge >= 0.3 is 5.97 Å². The molecule has 0 aromatic carbocycles. The maximum atomic E-state index is 12.5. The Bertz CT molecular complexity index is 1430. The van der Waals surface area contributed by atoms with Crippen LogP contribution >= 0.6 is 0 Å². The predicted octanol–water partition coefficient (Wildman–Crippen LogP) is 0.800. The molecule has 4 saturated carbocycles. The lowest BCUT2D eigenvalue weighted by Crippen LogP contribution is -2.62. The minimum atomic E-state index is -1.59. The van der Waals surface area contributed by atoms with Crippen molar-refractivity contribution in [3.63, 3.8) is 0 Å². The number of aliphatic hydroxyl groups is 7. The Morgan fingerprint density at radius 1 is 0.745 bits per heavy atom. The standard InChI is InChI=1S/C40H62O15/c1-18-30(43)32(45)34(47)37(52-18)54-27-17-50-36(33(46)31(27)44)55-35-19(2)51-29(15-26(35)41)53-22-7-10-38(3)21(14-22)5-6-25-24(38)8-11-39(4)23(9-12-40(25,39)48)20-13-28(42)49-16-20/h13,18-19,21-27,29-37,41,43-48H,5-12,14-17H2,1-4H3. The lowest BCUT2D eigenvalue weighted by Gasteiger charge is -2.64. The van der Waals surface area contributed by atoms with E-state index in [4.69, 9.17) is 33.2 Å². The van der Waals surface area contributed by atoms with Gasteiger partial charge in [0.2, 0.25) is 0 Å². The van der Waals surface area contributed by atoms with Gasteiger partial charge in [-0.25, -0.2) is 4.79 Å². The Labute approximate surface area is 322 Å². The molecule has 55 heavy (non-hydrogen) atoms. The van der Waals surface area contributed by atoms with E-state index in [9.17, 15) is 40.5 Å². The first-order chi connectivity index (χ1) is 26.0. The van der Waals surface area contributed by atoms with E-state index in [-0.39, 0.29) is 47.8 Å². The molecule has 15 nitrogen and oxygen atoms in total. The molecule has 0 spiro atoms. The molecule has 21 atom stereocenters. The average molecular weight is 783 g/mol. The van der Waals surface area contributed by atoms with Crippen LogP contribution in [0.4, 0.5) is 0 Å². The Hall–Kier alpha value is -1.31. The van der Waals surface area contributed by atoms with Gasteiger partial charge in [-0.1, -0.05) is 13.8 Å². The fraction of sp³-hybridized carbons (Fsp3) is 0.925. The molecule has 0 aromatic rings. The van der Waals surface area contributed by atoms with Gasteiger partial charge in [-0.15, -0.1) is 0 Å². The quantitative estimate of drug-likeness (QED) is 0.140. The van der Waals surface area contributed by atoms with Crippen LogP contribution in [0.3, 0.4) is 0 Å². The van der Waals surface area contributed by atoms with Crippen molar-refractivity contribution >= 4 is 5.97 Å². The molecule has 4 aliphatic heterocycles. The summed E-state index contributed by atoms with van der Waals surface area (Å²) in [5.74, 6) is 0.991. The Morgan fingerprint density at radius 2 is 1.51 bits per heavy atom. The van der Waals surface area contributed by atoms with E-state index in [2.05, 4.69) is 13.8 Å². The molecule has 7 N–H and O–H groups in total. The van der Waals surface area contributed by atoms with Crippen molar-refractivity contribution in [1.82, 2.24) is 0 Å². The second-order valence-corrected chi connectivity index (χ2v) is 18.5. The average Bonchev–Trinajstić information content (AvgIpc) is 3.69. The zero-order valence-corrected chi connectivity index (χ0v) is 32.4. The van der Waals surface area contributed by atoms with E-state index in [1.165, 1.54) is 6.92 Å². The van der Waals surface area contributed by atoms with Crippen molar-refractivity contribution in [1.29, 1.82) is 0 Å². The first kappa shape index (κ1) is 40.5. The number of cyclic esters (lactones) is 1. The normalized spacial score (nSPS) is 55.5. The van der Waals surface area contributed by atoms with Crippen LogP contribution in [0, 0.1) is 34.5 Å². The van der Waals surface area contributed by atoms with E-state index in [0.29, 0.717) is 18.4 Å². The molecule has 0 bridgehead atoms. The van der Waals surface area contributed by atoms with Crippen LogP contribution in [0.15, 0.2) is 11.6 Å². The number of aliphatic hydroxyl groups excluding tert-OH is 6. The zero-order chi connectivity index (χ0) is 39.2. The summed E-state index contributed by atoms with van der Waals surface area (Å²) in [6.07, 6.45) is -5.20. The van der Waals surface area contributed by atoms with E-state index in [0.717, 1.165) is 63.4 Å². The van der Waals surface area contributed by atoms with Crippen molar-refractivity contribution in [3.05, 3.63) is 11.6 Å². The number of carbonyl (C=O) groups is 1. The van der Waals surface area contributed by atoms with Crippen molar-refractivity contribution in [2.75, 3.05) is 13.2 Å². The topological polar surface area (TPSA) is 223 Å². The highest BCUT2D eigenvalue weighted by Crippen LogP contribution is 2.70. The Morgan fingerprint density at radius 3 is 2.24 bits per heavy atom. The Kier molecular flexibility index (Phi) is 11.1. The molecule has 0 aromatic heterocycles. The lowest BCUT2D eigenvalue weighted by atomic mass is 9.43. The molecular formula is C40H62O15. The summed E-state index contributed by atoms with van der Waals surface area (Å²) in [4.78, 5) is 11.9. The molecule has 8 rings (SSSR count). The summed E-state index contributed by atoms with van der Waals surface area (Å²) in [5.41, 5.74) is 0.109. The van der Waals surface area contributed by atoms with Crippen LogP contribution < -0.4 is 0 Å². The van der Waals surface area contributed by atoms with Crippen LogP contribution in [0.5, 0.6) is 0 Å². The maximum Gasteiger partial charge on any atom is 0.331 e. The molecule has 4 heterocycles. The van der Waals surface area contributed by atoms with Gasteiger partial charge in [-0.3, -0.25) is 0 Å². The number of hydrogen-bond acceptors (Lipinski definition) is 15. The molecule has 312 valence electrons. The third-order valence-electron chi connectivity index (χ3n) is 15.8. The van der Waals surface area contributed by atoms with Crippen molar-refractivity contribution in [3.8, 4) is 0 Å². The minimum Gasteiger partial charge on any atom is -0.458 e. The highest BCUT2D eigenvalue weighted by Gasteiger charge is 2.68. The predicted molar refractivity (Wildman–Crippen MR) is 189 cm³/mol. The van der Waals surface area contributed by atoms with Crippen LogP contribution in [-0.4, -0.2) is 147 Å². The smallest absolute Gasteiger partial charge is 0.331 e. The fourth-order valence-electron chi connectivity index (χ4n) is 12.5. The largest absolute Gasteiger partial charge is 0.458 e. The summed E-state index contributed by atoms with van der Waals surface area (Å²) < 4.78 is 40.8. The number of fused-ring (bicyclic) bond motifs is 5. The lowest BCUT2D eigenvalue weighted by molar-refractivity contribution is -0.354. The van der Waals surface area contributed by atoms with Gasteiger partial charge in [0.05, 0.1) is 36.6 Å². The second-order valence-electron chi connectivity index (χ2n) is 18.5. The van der Waals surface area contributed by atoms with Gasteiger partial charge in [0.1, 0.15) is 49.3 Å². The minimum absolute atomic E-state index is 0.0363. The molecule has 4 aliphatic carbocycles. The van der Waals surface area contributed by atoms with Crippen LogP contribution in [-0.2, 0) is 38.0 Å². The molecule has 3 saturated heterocycles. The summed E-state index contributed by atoms with van der Waals surface area (Å²) in [5, 5.41) is 75.9. The third-order valence-corrected chi connectivity index (χ3v) is 15.8. The summed E-state index contributed by atoms with van der Waals surface area (Å²) in [7, 11) is 0.